The number of rotatable bonds is 4. The van der Waals surface area contributed by atoms with Crippen LogP contribution in [0.15, 0.2) is 30.3 Å². The summed E-state index contributed by atoms with van der Waals surface area (Å²) in [6.45, 7) is 0.328. The molecule has 4 nitrogen and oxygen atoms in total. The van der Waals surface area contributed by atoms with E-state index in [1.165, 1.54) is 0 Å². The first kappa shape index (κ1) is 14.6. The topological polar surface area (TPSA) is 55.4 Å². The van der Waals surface area contributed by atoms with Crippen molar-refractivity contribution in [2.45, 2.75) is 32.3 Å². The van der Waals surface area contributed by atoms with Crippen LogP contribution in [0.3, 0.4) is 0 Å². The molecule has 0 aromatic heterocycles. The molecular weight excluding hydrogens is 254 g/mol. The van der Waals surface area contributed by atoms with Gasteiger partial charge in [-0.05, 0) is 31.2 Å². The molecule has 0 radical (unpaired) electrons. The fraction of sp³-hybridized carbons (Fsp3) is 0.500. The Hall–Kier alpha value is -1.84. The van der Waals surface area contributed by atoms with Crippen LogP contribution in [-0.4, -0.2) is 18.9 Å². The van der Waals surface area contributed by atoms with Crippen molar-refractivity contribution in [3.05, 3.63) is 35.9 Å². The SMILES string of the molecule is CNC(=O)C1CCC(C(=O)OCc2ccccc2)CC1. The summed E-state index contributed by atoms with van der Waals surface area (Å²) in [5.74, 6) is -0.0527. The molecule has 1 N–H and O–H groups in total. The second-order valence-corrected chi connectivity index (χ2v) is 5.26. The van der Waals surface area contributed by atoms with Crippen LogP contribution in [0.5, 0.6) is 0 Å². The van der Waals surface area contributed by atoms with Gasteiger partial charge in [0, 0.05) is 13.0 Å². The summed E-state index contributed by atoms with van der Waals surface area (Å²) in [5.41, 5.74) is 1.000. The molecule has 0 bridgehead atoms. The molecule has 1 aromatic carbocycles. The Morgan fingerprint density at radius 1 is 1.10 bits per heavy atom. The molecule has 0 unspecified atom stereocenters. The normalized spacial score (nSPS) is 22.1. The number of hydrogen-bond donors (Lipinski definition) is 1. The van der Waals surface area contributed by atoms with E-state index >= 15 is 0 Å². The van der Waals surface area contributed by atoms with Crippen LogP contribution in [0.25, 0.3) is 0 Å². The minimum Gasteiger partial charge on any atom is -0.461 e. The van der Waals surface area contributed by atoms with Crippen LogP contribution < -0.4 is 5.32 Å². The molecule has 1 fully saturated rings. The van der Waals surface area contributed by atoms with E-state index < -0.39 is 0 Å². The highest BCUT2D eigenvalue weighted by molar-refractivity contribution is 5.79. The van der Waals surface area contributed by atoms with Crippen molar-refractivity contribution in [1.82, 2.24) is 5.32 Å². The monoisotopic (exact) mass is 275 g/mol. The first-order valence-electron chi connectivity index (χ1n) is 7.13. The summed E-state index contributed by atoms with van der Waals surface area (Å²) in [4.78, 5) is 23.5. The molecule has 4 heteroatoms. The van der Waals surface area contributed by atoms with E-state index in [2.05, 4.69) is 5.32 Å². The average molecular weight is 275 g/mol. The fourth-order valence-electron chi connectivity index (χ4n) is 2.64. The van der Waals surface area contributed by atoms with Crippen molar-refractivity contribution >= 4 is 11.9 Å². The van der Waals surface area contributed by atoms with Crippen LogP contribution in [0.1, 0.15) is 31.2 Å². The Balaban J connectivity index is 1.76. The molecule has 2 rings (SSSR count). The zero-order valence-electron chi connectivity index (χ0n) is 11.8. The lowest BCUT2D eigenvalue weighted by molar-refractivity contribution is -0.152. The number of nitrogens with one attached hydrogen (secondary N) is 1. The first-order chi connectivity index (χ1) is 9.70. The third-order valence-corrected chi connectivity index (χ3v) is 3.90. The molecule has 108 valence electrons. The van der Waals surface area contributed by atoms with Crippen molar-refractivity contribution in [3.63, 3.8) is 0 Å². The van der Waals surface area contributed by atoms with Gasteiger partial charge in [-0.2, -0.15) is 0 Å². The Morgan fingerprint density at radius 3 is 2.30 bits per heavy atom. The van der Waals surface area contributed by atoms with Gasteiger partial charge in [-0.3, -0.25) is 9.59 Å². The Bertz CT molecular complexity index is 450. The molecule has 0 saturated heterocycles. The number of carbonyl (C=O) groups is 2. The zero-order valence-corrected chi connectivity index (χ0v) is 11.8. The van der Waals surface area contributed by atoms with Crippen molar-refractivity contribution in [2.24, 2.45) is 11.8 Å². The smallest absolute Gasteiger partial charge is 0.309 e. The van der Waals surface area contributed by atoms with E-state index in [4.69, 9.17) is 4.74 Å². The molecule has 1 aliphatic rings. The van der Waals surface area contributed by atoms with Crippen LogP contribution in [0, 0.1) is 11.8 Å². The number of benzene rings is 1. The van der Waals surface area contributed by atoms with Gasteiger partial charge in [-0.15, -0.1) is 0 Å². The van der Waals surface area contributed by atoms with Gasteiger partial charge in [0.1, 0.15) is 6.61 Å². The van der Waals surface area contributed by atoms with Gasteiger partial charge in [-0.1, -0.05) is 30.3 Å². The summed E-state index contributed by atoms with van der Waals surface area (Å²) in [6, 6.07) is 9.67. The maximum absolute atomic E-state index is 12.0. The number of amides is 1. The number of carbonyl (C=O) groups excluding carboxylic acids is 2. The second-order valence-electron chi connectivity index (χ2n) is 5.26. The largest absolute Gasteiger partial charge is 0.461 e. The van der Waals surface area contributed by atoms with Crippen molar-refractivity contribution in [2.75, 3.05) is 7.05 Å². The third kappa shape index (κ3) is 3.83. The number of esters is 1. The van der Waals surface area contributed by atoms with Gasteiger partial charge in [0.2, 0.25) is 5.91 Å². The van der Waals surface area contributed by atoms with Gasteiger partial charge >= 0.3 is 5.97 Å². The molecule has 1 amide bonds. The predicted molar refractivity (Wildman–Crippen MR) is 75.8 cm³/mol. The standard InChI is InChI=1S/C16H21NO3/c1-17-15(18)13-7-9-14(10-8-13)16(19)20-11-12-5-3-2-4-6-12/h2-6,13-14H,7-11H2,1H3,(H,17,18). The van der Waals surface area contributed by atoms with Gasteiger partial charge in [0.15, 0.2) is 0 Å². The first-order valence-corrected chi connectivity index (χ1v) is 7.13. The lowest BCUT2D eigenvalue weighted by Crippen LogP contribution is -2.32. The van der Waals surface area contributed by atoms with Gasteiger partial charge in [0.25, 0.3) is 0 Å². The molecule has 0 atom stereocenters. The molecule has 0 aliphatic heterocycles. The van der Waals surface area contributed by atoms with E-state index in [-0.39, 0.29) is 23.7 Å². The van der Waals surface area contributed by atoms with Crippen LogP contribution in [-0.2, 0) is 20.9 Å². The van der Waals surface area contributed by atoms with Crippen molar-refractivity contribution in [3.8, 4) is 0 Å². The molecule has 1 aliphatic carbocycles. The summed E-state index contributed by atoms with van der Waals surface area (Å²) in [7, 11) is 1.66. The minimum absolute atomic E-state index is 0.0539. The highest BCUT2D eigenvalue weighted by Gasteiger charge is 2.30. The summed E-state index contributed by atoms with van der Waals surface area (Å²) in [5, 5.41) is 2.67. The third-order valence-electron chi connectivity index (χ3n) is 3.90. The Kier molecular flexibility index (Phi) is 5.16. The van der Waals surface area contributed by atoms with Gasteiger partial charge < -0.3 is 10.1 Å². The number of ether oxygens (including phenoxy) is 1. The van der Waals surface area contributed by atoms with Crippen LogP contribution in [0.2, 0.25) is 0 Å². The second kappa shape index (κ2) is 7.08. The maximum atomic E-state index is 12.0. The maximum Gasteiger partial charge on any atom is 0.309 e. The molecule has 1 aromatic rings. The predicted octanol–water partition coefficient (Wildman–Crippen LogP) is 2.28. The highest BCUT2D eigenvalue weighted by atomic mass is 16.5. The summed E-state index contributed by atoms with van der Waals surface area (Å²) >= 11 is 0. The molecule has 0 heterocycles. The van der Waals surface area contributed by atoms with Crippen molar-refractivity contribution < 1.29 is 14.3 Å². The average Bonchev–Trinajstić information content (AvgIpc) is 2.53. The lowest BCUT2D eigenvalue weighted by Gasteiger charge is -2.26. The van der Waals surface area contributed by atoms with E-state index in [0.717, 1.165) is 31.2 Å². The summed E-state index contributed by atoms with van der Waals surface area (Å²) < 4.78 is 5.35. The summed E-state index contributed by atoms with van der Waals surface area (Å²) in [6.07, 6.45) is 3.02. The number of hydrogen-bond acceptors (Lipinski definition) is 3. The quantitative estimate of drug-likeness (QED) is 0.858. The zero-order chi connectivity index (χ0) is 14.4. The van der Waals surface area contributed by atoms with Crippen LogP contribution in [0.4, 0.5) is 0 Å². The molecule has 0 spiro atoms. The van der Waals surface area contributed by atoms with Gasteiger partial charge in [0.05, 0.1) is 5.92 Å². The molecular formula is C16H21NO3. The van der Waals surface area contributed by atoms with E-state index in [1.807, 2.05) is 30.3 Å². The fourth-order valence-corrected chi connectivity index (χ4v) is 2.64. The Morgan fingerprint density at radius 2 is 1.70 bits per heavy atom. The van der Waals surface area contributed by atoms with Gasteiger partial charge in [-0.25, -0.2) is 0 Å². The molecule has 20 heavy (non-hydrogen) atoms. The van der Waals surface area contributed by atoms with E-state index in [0.29, 0.717) is 6.61 Å². The Labute approximate surface area is 119 Å². The lowest BCUT2D eigenvalue weighted by atomic mass is 9.81. The van der Waals surface area contributed by atoms with Crippen molar-refractivity contribution in [1.29, 1.82) is 0 Å². The van der Waals surface area contributed by atoms with E-state index in [1.54, 1.807) is 7.05 Å². The highest BCUT2D eigenvalue weighted by Crippen LogP contribution is 2.29. The van der Waals surface area contributed by atoms with Crippen LogP contribution >= 0.6 is 0 Å². The minimum atomic E-state index is -0.135. The van der Waals surface area contributed by atoms with E-state index in [9.17, 15) is 9.59 Å². The molecule has 1 saturated carbocycles.